The molecule has 1 aromatic carbocycles. The number of rotatable bonds is 2. The Morgan fingerprint density at radius 2 is 2.05 bits per heavy atom. The van der Waals surface area contributed by atoms with Crippen molar-refractivity contribution >= 4 is 22.5 Å². The number of benzene rings is 1. The van der Waals surface area contributed by atoms with Gasteiger partial charge in [0.15, 0.2) is 0 Å². The van der Waals surface area contributed by atoms with Crippen LogP contribution in [0.25, 0.3) is 10.8 Å². The average molecular weight is 271 g/mol. The summed E-state index contributed by atoms with van der Waals surface area (Å²) in [6.07, 6.45) is 1.68. The molecular weight excluding hydrogens is 254 g/mol. The first-order valence-corrected chi connectivity index (χ1v) is 6.78. The molecule has 2 heterocycles. The third-order valence-corrected chi connectivity index (χ3v) is 3.56. The normalized spacial score (nSPS) is 16.2. The molecule has 1 saturated heterocycles. The molecule has 20 heavy (non-hydrogen) atoms. The van der Waals surface area contributed by atoms with Crippen molar-refractivity contribution in [3.05, 3.63) is 36.0 Å². The van der Waals surface area contributed by atoms with Crippen LogP contribution in [0.4, 0.5) is 5.82 Å². The number of aromatic nitrogens is 1. The summed E-state index contributed by atoms with van der Waals surface area (Å²) >= 11 is 0. The highest BCUT2D eigenvalue weighted by molar-refractivity contribution is 5.99. The van der Waals surface area contributed by atoms with Gasteiger partial charge in [0.2, 0.25) is 0 Å². The first kappa shape index (κ1) is 12.9. The molecule has 1 fully saturated rings. The smallest absolute Gasteiger partial charge is 0.270 e. The van der Waals surface area contributed by atoms with Crippen LogP contribution >= 0.6 is 0 Å². The monoisotopic (exact) mass is 271 g/mol. The summed E-state index contributed by atoms with van der Waals surface area (Å²) in [7, 11) is 0. The molecule has 0 unspecified atom stereocenters. The van der Waals surface area contributed by atoms with E-state index in [9.17, 15) is 4.79 Å². The van der Waals surface area contributed by atoms with E-state index < -0.39 is 0 Å². The van der Waals surface area contributed by atoms with Crippen LogP contribution < -0.4 is 11.1 Å². The fourth-order valence-electron chi connectivity index (χ4n) is 2.44. The standard InChI is InChI=1S/C15H17N3O2/c16-14-12-4-2-1-3-10(12)9-13(18-14)15(19)17-11-5-7-20-8-6-11/h1-4,9,11H,5-8H2,(H2,16,18)(H,17,19). The van der Waals surface area contributed by atoms with E-state index in [2.05, 4.69) is 10.3 Å². The number of fused-ring (bicyclic) bond motifs is 1. The number of hydrogen-bond acceptors (Lipinski definition) is 4. The Kier molecular flexibility index (Phi) is 3.52. The number of ether oxygens (including phenoxy) is 1. The van der Waals surface area contributed by atoms with Gasteiger partial charge in [0.05, 0.1) is 0 Å². The van der Waals surface area contributed by atoms with Gasteiger partial charge in [-0.05, 0) is 24.3 Å². The Balaban J connectivity index is 1.84. The predicted octanol–water partition coefficient (Wildman–Crippen LogP) is 1.73. The largest absolute Gasteiger partial charge is 0.383 e. The van der Waals surface area contributed by atoms with Gasteiger partial charge in [-0.3, -0.25) is 4.79 Å². The molecule has 5 heteroatoms. The first-order valence-electron chi connectivity index (χ1n) is 6.78. The van der Waals surface area contributed by atoms with Crippen LogP contribution in [0.5, 0.6) is 0 Å². The van der Waals surface area contributed by atoms with E-state index in [1.807, 2.05) is 24.3 Å². The summed E-state index contributed by atoms with van der Waals surface area (Å²) in [5.41, 5.74) is 6.29. The van der Waals surface area contributed by atoms with Crippen molar-refractivity contribution in [1.29, 1.82) is 0 Å². The van der Waals surface area contributed by atoms with Crippen LogP contribution in [0.3, 0.4) is 0 Å². The van der Waals surface area contributed by atoms with E-state index in [0.717, 1.165) is 23.6 Å². The topological polar surface area (TPSA) is 77.2 Å². The fourth-order valence-corrected chi connectivity index (χ4v) is 2.44. The van der Waals surface area contributed by atoms with E-state index in [-0.39, 0.29) is 11.9 Å². The zero-order valence-corrected chi connectivity index (χ0v) is 11.1. The van der Waals surface area contributed by atoms with Gasteiger partial charge in [-0.15, -0.1) is 0 Å². The van der Waals surface area contributed by atoms with Crippen LogP contribution in [0.1, 0.15) is 23.3 Å². The Morgan fingerprint density at radius 3 is 2.85 bits per heavy atom. The minimum absolute atomic E-state index is 0.158. The number of nitrogens with two attached hydrogens (primary N) is 1. The number of amides is 1. The average Bonchev–Trinajstić information content (AvgIpc) is 2.48. The van der Waals surface area contributed by atoms with Crippen LogP contribution in [-0.4, -0.2) is 30.1 Å². The lowest BCUT2D eigenvalue weighted by Gasteiger charge is -2.23. The molecule has 1 aliphatic heterocycles. The number of carbonyl (C=O) groups is 1. The summed E-state index contributed by atoms with van der Waals surface area (Å²) in [5.74, 6) is 0.217. The molecule has 0 bridgehead atoms. The molecule has 5 nitrogen and oxygen atoms in total. The Bertz CT molecular complexity index is 636. The van der Waals surface area contributed by atoms with E-state index in [0.29, 0.717) is 24.7 Å². The zero-order valence-electron chi connectivity index (χ0n) is 11.1. The summed E-state index contributed by atoms with van der Waals surface area (Å²) < 4.78 is 5.28. The van der Waals surface area contributed by atoms with Crippen molar-refractivity contribution in [3.63, 3.8) is 0 Å². The predicted molar refractivity (Wildman–Crippen MR) is 77.5 cm³/mol. The van der Waals surface area contributed by atoms with Gasteiger partial charge in [-0.1, -0.05) is 24.3 Å². The molecule has 0 aliphatic carbocycles. The molecular formula is C15H17N3O2. The quantitative estimate of drug-likeness (QED) is 0.872. The van der Waals surface area contributed by atoms with Crippen molar-refractivity contribution in [2.45, 2.75) is 18.9 Å². The van der Waals surface area contributed by atoms with Crippen LogP contribution in [0.15, 0.2) is 30.3 Å². The van der Waals surface area contributed by atoms with Crippen LogP contribution in [-0.2, 0) is 4.74 Å². The Labute approximate surface area is 117 Å². The lowest BCUT2D eigenvalue weighted by atomic mass is 10.1. The summed E-state index contributed by atoms with van der Waals surface area (Å²) in [5, 5.41) is 4.79. The maximum Gasteiger partial charge on any atom is 0.270 e. The number of nitrogens with zero attached hydrogens (tertiary/aromatic N) is 1. The second-order valence-electron chi connectivity index (χ2n) is 4.97. The summed E-state index contributed by atoms with van der Waals surface area (Å²) in [6.45, 7) is 1.39. The lowest BCUT2D eigenvalue weighted by Crippen LogP contribution is -2.39. The molecule has 0 saturated carbocycles. The van der Waals surface area contributed by atoms with Crippen molar-refractivity contribution in [1.82, 2.24) is 10.3 Å². The SMILES string of the molecule is Nc1nc(C(=O)NC2CCOCC2)cc2ccccc12. The molecule has 0 radical (unpaired) electrons. The zero-order chi connectivity index (χ0) is 13.9. The highest BCUT2D eigenvalue weighted by Gasteiger charge is 2.18. The highest BCUT2D eigenvalue weighted by atomic mass is 16.5. The molecule has 3 N–H and O–H groups in total. The summed E-state index contributed by atoms with van der Waals surface area (Å²) in [4.78, 5) is 16.4. The van der Waals surface area contributed by atoms with Crippen molar-refractivity contribution < 1.29 is 9.53 Å². The molecule has 0 atom stereocenters. The maximum absolute atomic E-state index is 12.2. The number of pyridine rings is 1. The van der Waals surface area contributed by atoms with E-state index >= 15 is 0 Å². The van der Waals surface area contributed by atoms with Crippen molar-refractivity contribution in [2.75, 3.05) is 18.9 Å². The van der Waals surface area contributed by atoms with E-state index in [1.54, 1.807) is 6.07 Å². The molecule has 1 aliphatic rings. The van der Waals surface area contributed by atoms with Gasteiger partial charge in [0.1, 0.15) is 11.5 Å². The van der Waals surface area contributed by atoms with Gasteiger partial charge in [0, 0.05) is 24.6 Å². The second-order valence-corrected chi connectivity index (χ2v) is 4.97. The minimum Gasteiger partial charge on any atom is -0.383 e. The van der Waals surface area contributed by atoms with Crippen molar-refractivity contribution in [3.8, 4) is 0 Å². The summed E-state index contributed by atoms with van der Waals surface area (Å²) in [6, 6.07) is 9.59. The highest BCUT2D eigenvalue weighted by Crippen LogP contribution is 2.20. The third kappa shape index (κ3) is 2.58. The number of carbonyl (C=O) groups excluding carboxylic acids is 1. The molecule has 3 rings (SSSR count). The molecule has 1 aromatic heterocycles. The van der Waals surface area contributed by atoms with Gasteiger partial charge in [-0.2, -0.15) is 0 Å². The second kappa shape index (κ2) is 5.46. The number of nitrogen functional groups attached to an aromatic ring is 1. The number of hydrogen-bond donors (Lipinski definition) is 2. The first-order chi connectivity index (χ1) is 9.74. The minimum atomic E-state index is -0.172. The van der Waals surface area contributed by atoms with Crippen LogP contribution in [0, 0.1) is 0 Å². The van der Waals surface area contributed by atoms with Gasteiger partial charge in [-0.25, -0.2) is 4.98 Å². The van der Waals surface area contributed by atoms with Gasteiger partial charge < -0.3 is 15.8 Å². The maximum atomic E-state index is 12.2. The molecule has 2 aromatic rings. The lowest BCUT2D eigenvalue weighted by molar-refractivity contribution is 0.0694. The third-order valence-electron chi connectivity index (χ3n) is 3.56. The van der Waals surface area contributed by atoms with E-state index in [1.165, 1.54) is 0 Å². The number of nitrogens with one attached hydrogen (secondary N) is 1. The van der Waals surface area contributed by atoms with Crippen LogP contribution in [0.2, 0.25) is 0 Å². The van der Waals surface area contributed by atoms with E-state index in [4.69, 9.17) is 10.5 Å². The van der Waals surface area contributed by atoms with Gasteiger partial charge in [0.25, 0.3) is 5.91 Å². The van der Waals surface area contributed by atoms with Gasteiger partial charge >= 0.3 is 0 Å². The molecule has 0 spiro atoms. The van der Waals surface area contributed by atoms with Crippen molar-refractivity contribution in [2.24, 2.45) is 0 Å². The molecule has 1 amide bonds. The Morgan fingerprint density at radius 1 is 1.30 bits per heavy atom. The Hall–Kier alpha value is -2.14. The number of anilines is 1. The molecule has 104 valence electrons. The fraction of sp³-hybridized carbons (Fsp3) is 0.333.